The Bertz CT molecular complexity index is 649. The third-order valence-corrected chi connectivity index (χ3v) is 3.31. The van der Waals surface area contributed by atoms with Crippen LogP contribution in [0.25, 0.3) is 0 Å². The smallest absolute Gasteiger partial charge is 0.271 e. The number of hydrazone groups is 1. The Hall–Kier alpha value is -2.62. The number of hydrogen-bond donors (Lipinski definition) is 1. The molecule has 0 saturated heterocycles. The Balaban J connectivity index is 2.08. The fourth-order valence-corrected chi connectivity index (χ4v) is 2.18. The highest BCUT2D eigenvalue weighted by atomic mass is 16.5. The van der Waals surface area contributed by atoms with Gasteiger partial charge in [0.15, 0.2) is 0 Å². The van der Waals surface area contributed by atoms with Crippen LogP contribution in [0.15, 0.2) is 59.7 Å². The number of carbonyl (C=O) groups excluding carboxylic acids is 1. The maximum absolute atomic E-state index is 12.2. The van der Waals surface area contributed by atoms with Gasteiger partial charge in [-0.25, -0.2) is 5.43 Å². The average molecular weight is 310 g/mol. The first kappa shape index (κ1) is 16.7. The normalized spacial score (nSPS) is 11.1. The van der Waals surface area contributed by atoms with Crippen molar-refractivity contribution in [1.82, 2.24) is 5.43 Å². The molecule has 4 heteroatoms. The van der Waals surface area contributed by atoms with Crippen molar-refractivity contribution < 1.29 is 9.53 Å². The average Bonchev–Trinajstić information content (AvgIpc) is 2.60. The number of hydrogen-bond acceptors (Lipinski definition) is 3. The molecular formula is C19H22N2O2. The molecular weight excluding hydrogens is 288 g/mol. The number of amides is 1. The maximum atomic E-state index is 12.2. The SMILES string of the molecule is CCCC(=NNC(=O)c1ccc(OCC)cc1)c1ccccc1. The first-order valence-electron chi connectivity index (χ1n) is 7.89. The number of benzene rings is 2. The lowest BCUT2D eigenvalue weighted by Crippen LogP contribution is -2.20. The molecule has 0 radical (unpaired) electrons. The Morgan fingerprint density at radius 1 is 1.00 bits per heavy atom. The largest absolute Gasteiger partial charge is 0.494 e. The summed E-state index contributed by atoms with van der Waals surface area (Å²) in [7, 11) is 0. The van der Waals surface area contributed by atoms with E-state index >= 15 is 0 Å². The third-order valence-electron chi connectivity index (χ3n) is 3.31. The van der Waals surface area contributed by atoms with E-state index in [4.69, 9.17) is 4.74 Å². The Morgan fingerprint density at radius 3 is 2.30 bits per heavy atom. The van der Waals surface area contributed by atoms with Gasteiger partial charge in [0.2, 0.25) is 0 Å². The summed E-state index contributed by atoms with van der Waals surface area (Å²) in [5.41, 5.74) is 5.11. The van der Waals surface area contributed by atoms with E-state index in [2.05, 4.69) is 17.5 Å². The van der Waals surface area contributed by atoms with Crippen LogP contribution in [-0.4, -0.2) is 18.2 Å². The van der Waals surface area contributed by atoms with Gasteiger partial charge in [-0.1, -0.05) is 43.7 Å². The molecule has 0 fully saturated rings. The van der Waals surface area contributed by atoms with Gasteiger partial charge < -0.3 is 4.74 Å². The molecule has 0 saturated carbocycles. The second kappa shape index (κ2) is 8.73. The number of nitrogens with one attached hydrogen (secondary N) is 1. The number of ether oxygens (including phenoxy) is 1. The summed E-state index contributed by atoms with van der Waals surface area (Å²) in [5.74, 6) is 0.529. The molecule has 4 nitrogen and oxygen atoms in total. The third kappa shape index (κ3) is 4.95. The van der Waals surface area contributed by atoms with Crippen molar-refractivity contribution in [2.24, 2.45) is 5.10 Å². The van der Waals surface area contributed by atoms with Crippen LogP contribution in [0.2, 0.25) is 0 Å². The lowest BCUT2D eigenvalue weighted by Gasteiger charge is -2.07. The second-order valence-electron chi connectivity index (χ2n) is 5.07. The Morgan fingerprint density at radius 2 is 1.70 bits per heavy atom. The lowest BCUT2D eigenvalue weighted by atomic mass is 10.1. The fraction of sp³-hybridized carbons (Fsp3) is 0.263. The van der Waals surface area contributed by atoms with Gasteiger partial charge in [-0.05, 0) is 43.2 Å². The molecule has 0 unspecified atom stereocenters. The fourth-order valence-electron chi connectivity index (χ4n) is 2.18. The molecule has 0 spiro atoms. The van der Waals surface area contributed by atoms with Gasteiger partial charge in [0.25, 0.3) is 5.91 Å². The highest BCUT2D eigenvalue weighted by molar-refractivity contribution is 6.02. The molecule has 23 heavy (non-hydrogen) atoms. The van der Waals surface area contributed by atoms with E-state index < -0.39 is 0 Å². The Kier molecular flexibility index (Phi) is 6.36. The van der Waals surface area contributed by atoms with E-state index in [1.54, 1.807) is 24.3 Å². The Labute approximate surface area is 137 Å². The minimum Gasteiger partial charge on any atom is -0.494 e. The number of nitrogens with zero attached hydrogens (tertiary/aromatic N) is 1. The maximum Gasteiger partial charge on any atom is 0.271 e. The van der Waals surface area contributed by atoms with E-state index in [9.17, 15) is 4.79 Å². The molecule has 1 N–H and O–H groups in total. The zero-order chi connectivity index (χ0) is 16.5. The van der Waals surface area contributed by atoms with E-state index in [1.165, 1.54) is 0 Å². The van der Waals surface area contributed by atoms with Crippen LogP contribution in [0.3, 0.4) is 0 Å². The molecule has 1 amide bonds. The first-order chi connectivity index (χ1) is 11.2. The number of rotatable bonds is 7. The molecule has 2 aromatic carbocycles. The highest BCUT2D eigenvalue weighted by Crippen LogP contribution is 2.12. The topological polar surface area (TPSA) is 50.7 Å². The van der Waals surface area contributed by atoms with Crippen molar-refractivity contribution >= 4 is 11.6 Å². The molecule has 0 heterocycles. The molecule has 2 aromatic rings. The van der Waals surface area contributed by atoms with Crippen molar-refractivity contribution in [3.63, 3.8) is 0 Å². The molecule has 0 aliphatic rings. The summed E-state index contributed by atoms with van der Waals surface area (Å²) in [5, 5.41) is 4.30. The minimum atomic E-state index is -0.224. The predicted octanol–water partition coefficient (Wildman–Crippen LogP) is 4.02. The number of carbonyl (C=O) groups is 1. The zero-order valence-electron chi connectivity index (χ0n) is 13.6. The van der Waals surface area contributed by atoms with Gasteiger partial charge in [0, 0.05) is 5.56 Å². The molecule has 0 atom stereocenters. The van der Waals surface area contributed by atoms with Crippen LogP contribution in [-0.2, 0) is 0 Å². The summed E-state index contributed by atoms with van der Waals surface area (Å²) >= 11 is 0. The molecule has 0 bridgehead atoms. The van der Waals surface area contributed by atoms with E-state index in [0.717, 1.165) is 29.9 Å². The van der Waals surface area contributed by atoms with Crippen LogP contribution in [0, 0.1) is 0 Å². The van der Waals surface area contributed by atoms with Crippen LogP contribution in [0.4, 0.5) is 0 Å². The van der Waals surface area contributed by atoms with E-state index in [1.807, 2.05) is 37.3 Å². The first-order valence-corrected chi connectivity index (χ1v) is 7.89. The minimum absolute atomic E-state index is 0.224. The molecule has 0 aliphatic heterocycles. The van der Waals surface area contributed by atoms with Gasteiger partial charge in [-0.3, -0.25) is 4.79 Å². The quantitative estimate of drug-likeness (QED) is 0.620. The second-order valence-corrected chi connectivity index (χ2v) is 5.07. The standard InChI is InChI=1S/C19H22N2O2/c1-3-8-18(15-9-6-5-7-10-15)20-21-19(22)16-11-13-17(14-12-16)23-4-2/h5-7,9-14H,3-4,8H2,1-2H3,(H,21,22). The summed E-state index contributed by atoms with van der Waals surface area (Å²) in [6, 6.07) is 16.9. The van der Waals surface area contributed by atoms with Gasteiger partial charge in [0.1, 0.15) is 5.75 Å². The predicted molar refractivity (Wildman–Crippen MR) is 93.0 cm³/mol. The highest BCUT2D eigenvalue weighted by Gasteiger charge is 2.07. The van der Waals surface area contributed by atoms with Crippen molar-refractivity contribution in [2.45, 2.75) is 26.7 Å². The van der Waals surface area contributed by atoms with Crippen molar-refractivity contribution in [1.29, 1.82) is 0 Å². The molecule has 120 valence electrons. The van der Waals surface area contributed by atoms with Crippen LogP contribution in [0.1, 0.15) is 42.6 Å². The van der Waals surface area contributed by atoms with E-state index in [-0.39, 0.29) is 5.91 Å². The monoisotopic (exact) mass is 310 g/mol. The van der Waals surface area contributed by atoms with Gasteiger partial charge in [-0.2, -0.15) is 5.10 Å². The van der Waals surface area contributed by atoms with Crippen molar-refractivity contribution in [2.75, 3.05) is 6.61 Å². The summed E-state index contributed by atoms with van der Waals surface area (Å²) < 4.78 is 5.37. The van der Waals surface area contributed by atoms with Gasteiger partial charge in [0.05, 0.1) is 12.3 Å². The van der Waals surface area contributed by atoms with Gasteiger partial charge in [-0.15, -0.1) is 0 Å². The van der Waals surface area contributed by atoms with Crippen molar-refractivity contribution in [3.05, 3.63) is 65.7 Å². The van der Waals surface area contributed by atoms with Crippen LogP contribution < -0.4 is 10.2 Å². The van der Waals surface area contributed by atoms with Gasteiger partial charge >= 0.3 is 0 Å². The van der Waals surface area contributed by atoms with E-state index in [0.29, 0.717) is 12.2 Å². The molecule has 2 rings (SSSR count). The summed E-state index contributed by atoms with van der Waals surface area (Å²) in [6.07, 6.45) is 1.78. The lowest BCUT2D eigenvalue weighted by molar-refractivity contribution is 0.0954. The zero-order valence-corrected chi connectivity index (χ0v) is 13.6. The van der Waals surface area contributed by atoms with Crippen LogP contribution in [0.5, 0.6) is 5.75 Å². The van der Waals surface area contributed by atoms with Crippen LogP contribution >= 0.6 is 0 Å². The molecule has 0 aromatic heterocycles. The summed E-state index contributed by atoms with van der Waals surface area (Å²) in [6.45, 7) is 4.62. The van der Waals surface area contributed by atoms with Crippen molar-refractivity contribution in [3.8, 4) is 5.75 Å². The molecule has 0 aliphatic carbocycles. The summed E-state index contributed by atoms with van der Waals surface area (Å²) in [4.78, 5) is 12.2.